The molecule has 0 spiro atoms. The highest BCUT2D eigenvalue weighted by Gasteiger charge is 2.20. The van der Waals surface area contributed by atoms with Gasteiger partial charge in [0.05, 0.1) is 0 Å². The van der Waals surface area contributed by atoms with Crippen LogP contribution >= 0.6 is 0 Å². The van der Waals surface area contributed by atoms with Crippen molar-refractivity contribution in [3.05, 3.63) is 0 Å². The normalized spacial score (nSPS) is 27.8. The van der Waals surface area contributed by atoms with Gasteiger partial charge < -0.3 is 10.6 Å². The van der Waals surface area contributed by atoms with Gasteiger partial charge in [-0.1, -0.05) is 6.92 Å². The van der Waals surface area contributed by atoms with Gasteiger partial charge in [0.25, 0.3) is 0 Å². The van der Waals surface area contributed by atoms with E-state index in [0.29, 0.717) is 0 Å². The van der Waals surface area contributed by atoms with Gasteiger partial charge in [0, 0.05) is 6.54 Å². The van der Waals surface area contributed by atoms with Crippen LogP contribution in [-0.4, -0.2) is 31.6 Å². The van der Waals surface area contributed by atoms with Crippen LogP contribution in [0.25, 0.3) is 0 Å². The zero-order valence-electron chi connectivity index (χ0n) is 8.42. The first-order valence-corrected chi connectivity index (χ1v) is 5.11. The molecular weight excluding hydrogens is 148 g/mol. The van der Waals surface area contributed by atoms with Crippen molar-refractivity contribution in [2.24, 2.45) is 17.6 Å². The van der Waals surface area contributed by atoms with E-state index >= 15 is 0 Å². The molecule has 1 saturated heterocycles. The summed E-state index contributed by atoms with van der Waals surface area (Å²) in [5, 5.41) is 0. The topological polar surface area (TPSA) is 29.3 Å². The third-order valence-electron chi connectivity index (χ3n) is 2.88. The van der Waals surface area contributed by atoms with Crippen molar-refractivity contribution >= 4 is 0 Å². The monoisotopic (exact) mass is 170 g/mol. The van der Waals surface area contributed by atoms with Crippen LogP contribution in [0.3, 0.4) is 0 Å². The lowest BCUT2D eigenvalue weighted by atomic mass is 9.93. The lowest BCUT2D eigenvalue weighted by Crippen LogP contribution is -2.16. The second-order valence-electron chi connectivity index (χ2n) is 4.34. The van der Waals surface area contributed by atoms with Gasteiger partial charge in [-0.3, -0.25) is 0 Å². The number of likely N-dealkylation sites (tertiary alicyclic amines) is 1. The quantitative estimate of drug-likeness (QED) is 0.689. The van der Waals surface area contributed by atoms with Gasteiger partial charge in [-0.15, -0.1) is 0 Å². The largest absolute Gasteiger partial charge is 0.330 e. The van der Waals surface area contributed by atoms with E-state index in [4.69, 9.17) is 5.73 Å². The Morgan fingerprint density at radius 1 is 1.58 bits per heavy atom. The summed E-state index contributed by atoms with van der Waals surface area (Å²) in [6.45, 7) is 5.77. The lowest BCUT2D eigenvalue weighted by Gasteiger charge is -2.15. The maximum atomic E-state index is 5.52. The summed E-state index contributed by atoms with van der Waals surface area (Å²) in [6, 6.07) is 0. The predicted octanol–water partition coefficient (Wildman–Crippen LogP) is 1.31. The van der Waals surface area contributed by atoms with Crippen molar-refractivity contribution in [2.75, 3.05) is 26.7 Å². The first kappa shape index (κ1) is 10.0. The average Bonchev–Trinajstić information content (AvgIpc) is 2.36. The van der Waals surface area contributed by atoms with Crippen LogP contribution < -0.4 is 5.73 Å². The van der Waals surface area contributed by atoms with Gasteiger partial charge in [-0.05, 0) is 51.2 Å². The highest BCUT2D eigenvalue weighted by atomic mass is 15.1. The molecule has 2 N–H and O–H groups in total. The van der Waals surface area contributed by atoms with E-state index in [1.807, 2.05) is 0 Å². The third kappa shape index (κ3) is 3.11. The molecule has 2 nitrogen and oxygen atoms in total. The fourth-order valence-electron chi connectivity index (χ4n) is 2.19. The molecule has 1 rings (SSSR count). The molecule has 2 atom stereocenters. The average molecular weight is 170 g/mol. The van der Waals surface area contributed by atoms with E-state index in [-0.39, 0.29) is 0 Å². The standard InChI is InChI=1S/C10H22N2/c1-9(3-5-11)7-10-4-6-12(2)8-10/h9-10H,3-8,11H2,1-2H3. The molecule has 1 aliphatic rings. The molecule has 72 valence electrons. The zero-order chi connectivity index (χ0) is 8.97. The third-order valence-corrected chi connectivity index (χ3v) is 2.88. The number of nitrogens with zero attached hydrogens (tertiary/aromatic N) is 1. The van der Waals surface area contributed by atoms with Gasteiger partial charge in [0.2, 0.25) is 0 Å². The van der Waals surface area contributed by atoms with Gasteiger partial charge in [0.1, 0.15) is 0 Å². The summed E-state index contributed by atoms with van der Waals surface area (Å²) in [6.07, 6.45) is 3.97. The Balaban J connectivity index is 2.14. The van der Waals surface area contributed by atoms with E-state index in [0.717, 1.165) is 18.4 Å². The van der Waals surface area contributed by atoms with Crippen LogP contribution in [0.15, 0.2) is 0 Å². The smallest absolute Gasteiger partial charge is 0.000718 e. The van der Waals surface area contributed by atoms with Crippen molar-refractivity contribution in [3.8, 4) is 0 Å². The highest BCUT2D eigenvalue weighted by Crippen LogP contribution is 2.23. The van der Waals surface area contributed by atoms with E-state index in [2.05, 4.69) is 18.9 Å². The van der Waals surface area contributed by atoms with E-state index < -0.39 is 0 Å². The van der Waals surface area contributed by atoms with Crippen LogP contribution in [0.4, 0.5) is 0 Å². The molecule has 0 aromatic rings. The second-order valence-corrected chi connectivity index (χ2v) is 4.34. The fourth-order valence-corrected chi connectivity index (χ4v) is 2.19. The number of nitrogens with two attached hydrogens (primary N) is 1. The van der Waals surface area contributed by atoms with Crippen molar-refractivity contribution < 1.29 is 0 Å². The summed E-state index contributed by atoms with van der Waals surface area (Å²) in [5.41, 5.74) is 5.52. The highest BCUT2D eigenvalue weighted by molar-refractivity contribution is 4.74. The molecule has 1 heterocycles. The molecule has 0 amide bonds. The van der Waals surface area contributed by atoms with Crippen molar-refractivity contribution in [2.45, 2.75) is 26.2 Å². The lowest BCUT2D eigenvalue weighted by molar-refractivity contribution is 0.352. The van der Waals surface area contributed by atoms with Crippen LogP contribution in [0, 0.1) is 11.8 Å². The number of hydrogen-bond acceptors (Lipinski definition) is 2. The van der Waals surface area contributed by atoms with Crippen molar-refractivity contribution in [1.82, 2.24) is 4.90 Å². The Morgan fingerprint density at radius 2 is 2.33 bits per heavy atom. The minimum absolute atomic E-state index is 0.825. The molecular formula is C10H22N2. The van der Waals surface area contributed by atoms with Gasteiger partial charge in [-0.2, -0.15) is 0 Å². The molecule has 2 heteroatoms. The molecule has 0 bridgehead atoms. The summed E-state index contributed by atoms with van der Waals surface area (Å²) in [7, 11) is 2.22. The SMILES string of the molecule is CC(CCN)CC1CCN(C)C1. The van der Waals surface area contributed by atoms with Crippen molar-refractivity contribution in [3.63, 3.8) is 0 Å². The minimum Gasteiger partial charge on any atom is -0.330 e. The summed E-state index contributed by atoms with van der Waals surface area (Å²) < 4.78 is 0. The molecule has 1 fully saturated rings. The summed E-state index contributed by atoms with van der Waals surface area (Å²) in [4.78, 5) is 2.43. The van der Waals surface area contributed by atoms with E-state index in [9.17, 15) is 0 Å². The minimum atomic E-state index is 0.825. The van der Waals surface area contributed by atoms with Crippen molar-refractivity contribution in [1.29, 1.82) is 0 Å². The van der Waals surface area contributed by atoms with Gasteiger partial charge >= 0.3 is 0 Å². The molecule has 0 aliphatic carbocycles. The number of hydrogen-bond donors (Lipinski definition) is 1. The first-order valence-electron chi connectivity index (χ1n) is 5.11. The maximum Gasteiger partial charge on any atom is 0.000718 e. The van der Waals surface area contributed by atoms with Gasteiger partial charge in [0.15, 0.2) is 0 Å². The zero-order valence-corrected chi connectivity index (χ0v) is 8.42. The molecule has 0 aromatic heterocycles. The Labute approximate surface area is 76.1 Å². The van der Waals surface area contributed by atoms with Crippen LogP contribution in [-0.2, 0) is 0 Å². The van der Waals surface area contributed by atoms with Gasteiger partial charge in [-0.25, -0.2) is 0 Å². The van der Waals surface area contributed by atoms with Crippen LogP contribution in [0.1, 0.15) is 26.2 Å². The fraction of sp³-hybridized carbons (Fsp3) is 1.00. The van der Waals surface area contributed by atoms with E-state index in [1.54, 1.807) is 0 Å². The summed E-state index contributed by atoms with van der Waals surface area (Å²) in [5.74, 6) is 1.77. The predicted molar refractivity (Wildman–Crippen MR) is 53.1 cm³/mol. The Bertz CT molecular complexity index is 125. The Hall–Kier alpha value is -0.0800. The Kier molecular flexibility index (Phi) is 4.02. The second kappa shape index (κ2) is 4.83. The first-order chi connectivity index (χ1) is 5.72. The maximum absolute atomic E-state index is 5.52. The molecule has 2 unspecified atom stereocenters. The van der Waals surface area contributed by atoms with E-state index in [1.165, 1.54) is 32.4 Å². The molecule has 0 saturated carbocycles. The molecule has 12 heavy (non-hydrogen) atoms. The van der Waals surface area contributed by atoms with Crippen LogP contribution in [0.2, 0.25) is 0 Å². The molecule has 0 radical (unpaired) electrons. The molecule has 1 aliphatic heterocycles. The summed E-state index contributed by atoms with van der Waals surface area (Å²) >= 11 is 0. The van der Waals surface area contributed by atoms with Crippen LogP contribution in [0.5, 0.6) is 0 Å². The Morgan fingerprint density at radius 3 is 2.83 bits per heavy atom. The molecule has 0 aromatic carbocycles. The number of rotatable bonds is 4.